The van der Waals surface area contributed by atoms with Crippen molar-refractivity contribution < 1.29 is 9.18 Å². The van der Waals surface area contributed by atoms with Crippen LogP contribution in [-0.2, 0) is 6.54 Å². The van der Waals surface area contributed by atoms with Gasteiger partial charge in [-0.2, -0.15) is 0 Å². The molecular formula is C17H22FN3O. The maximum absolute atomic E-state index is 14.3. The van der Waals surface area contributed by atoms with Crippen LogP contribution in [0.3, 0.4) is 0 Å². The fraction of sp³-hybridized carbons (Fsp3) is 0.529. The molecule has 1 aromatic heterocycles. The third kappa shape index (κ3) is 2.60. The Balaban J connectivity index is 2.10. The van der Waals surface area contributed by atoms with Crippen molar-refractivity contribution in [2.24, 2.45) is 0 Å². The molecule has 1 saturated heterocycles. The van der Waals surface area contributed by atoms with Crippen LogP contribution in [0.15, 0.2) is 12.1 Å². The molecular weight excluding hydrogens is 281 g/mol. The van der Waals surface area contributed by atoms with Gasteiger partial charge >= 0.3 is 0 Å². The quantitative estimate of drug-likeness (QED) is 0.602. The van der Waals surface area contributed by atoms with Crippen molar-refractivity contribution >= 4 is 22.8 Å². The van der Waals surface area contributed by atoms with Crippen LogP contribution in [0.25, 0.3) is 11.0 Å². The van der Waals surface area contributed by atoms with Crippen LogP contribution in [0, 0.1) is 5.82 Å². The van der Waals surface area contributed by atoms with Crippen LogP contribution < -0.4 is 4.90 Å². The lowest BCUT2D eigenvalue weighted by atomic mass is 10.1. The molecule has 4 nitrogen and oxygen atoms in total. The van der Waals surface area contributed by atoms with E-state index in [-0.39, 0.29) is 5.78 Å². The first-order chi connectivity index (χ1) is 10.6. The fourth-order valence-electron chi connectivity index (χ4n) is 2.87. The van der Waals surface area contributed by atoms with Crippen LogP contribution >= 0.6 is 0 Å². The summed E-state index contributed by atoms with van der Waals surface area (Å²) in [5.74, 6) is 0.322. The molecule has 5 heteroatoms. The van der Waals surface area contributed by atoms with E-state index in [2.05, 4.69) is 21.4 Å². The first-order valence-corrected chi connectivity index (χ1v) is 8.07. The number of unbranched alkanes of at least 4 members (excludes halogenated alkanes) is 2. The molecule has 0 unspecified atom stereocenters. The second kappa shape index (κ2) is 6.07. The van der Waals surface area contributed by atoms with E-state index < -0.39 is 5.82 Å². The van der Waals surface area contributed by atoms with Crippen molar-refractivity contribution in [1.29, 1.82) is 0 Å². The number of halogens is 1. The molecule has 3 rings (SSSR count). The topological polar surface area (TPSA) is 38.1 Å². The minimum absolute atomic E-state index is 0.118. The predicted octanol–water partition coefficient (Wildman–Crippen LogP) is 3.78. The summed E-state index contributed by atoms with van der Waals surface area (Å²) >= 11 is 0. The maximum Gasteiger partial charge on any atom is 0.206 e. The molecule has 0 N–H and O–H groups in total. The molecule has 0 bridgehead atoms. The Labute approximate surface area is 129 Å². The van der Waals surface area contributed by atoms with Crippen molar-refractivity contribution in [3.8, 4) is 0 Å². The number of fused-ring (bicyclic) bond motifs is 1. The highest BCUT2D eigenvalue weighted by Crippen LogP contribution is 2.29. The lowest BCUT2D eigenvalue weighted by molar-refractivity contribution is 0.101. The summed E-state index contributed by atoms with van der Waals surface area (Å²) in [5.41, 5.74) is 1.53. The molecule has 2 heterocycles. The second-order valence-corrected chi connectivity index (χ2v) is 5.99. The zero-order valence-electron chi connectivity index (χ0n) is 13.2. The normalized spacial score (nSPS) is 14.4. The molecule has 1 fully saturated rings. The lowest BCUT2D eigenvalue weighted by Gasteiger charge is -2.32. The molecule has 118 valence electrons. The Bertz CT molecular complexity index is 703. The number of imidazole rings is 1. The summed E-state index contributed by atoms with van der Waals surface area (Å²) in [6.45, 7) is 6.39. The Morgan fingerprint density at radius 3 is 2.68 bits per heavy atom. The van der Waals surface area contributed by atoms with Crippen molar-refractivity contribution in [2.45, 2.75) is 46.1 Å². The highest BCUT2D eigenvalue weighted by atomic mass is 19.1. The number of benzene rings is 1. The summed E-state index contributed by atoms with van der Waals surface area (Å²) in [6, 6.07) is 3.08. The average Bonchev–Trinajstić information content (AvgIpc) is 2.77. The third-order valence-corrected chi connectivity index (χ3v) is 4.32. The van der Waals surface area contributed by atoms with Gasteiger partial charge in [0.2, 0.25) is 5.95 Å². The number of hydrogen-bond acceptors (Lipinski definition) is 3. The number of aromatic nitrogens is 2. The minimum Gasteiger partial charge on any atom is -0.342 e. The van der Waals surface area contributed by atoms with Gasteiger partial charge < -0.3 is 9.47 Å². The Morgan fingerprint density at radius 1 is 1.32 bits per heavy atom. The van der Waals surface area contributed by atoms with Gasteiger partial charge in [-0.25, -0.2) is 9.37 Å². The van der Waals surface area contributed by atoms with Gasteiger partial charge in [-0.05, 0) is 31.9 Å². The van der Waals surface area contributed by atoms with Crippen LogP contribution in [0.1, 0.15) is 49.9 Å². The summed E-state index contributed by atoms with van der Waals surface area (Å²) in [6.07, 6.45) is 4.46. The first-order valence-electron chi connectivity index (χ1n) is 8.07. The Hall–Kier alpha value is -1.91. The number of anilines is 1. The SMILES string of the molecule is CCCCCn1c(N2CCC2)nc2c(F)cc(C(C)=O)cc21. The van der Waals surface area contributed by atoms with E-state index in [0.717, 1.165) is 56.8 Å². The second-order valence-electron chi connectivity index (χ2n) is 5.99. The number of ketones is 1. The van der Waals surface area contributed by atoms with Crippen molar-refractivity contribution in [3.63, 3.8) is 0 Å². The van der Waals surface area contributed by atoms with Gasteiger partial charge in [0.25, 0.3) is 0 Å². The molecule has 1 aliphatic rings. The van der Waals surface area contributed by atoms with E-state index in [4.69, 9.17) is 0 Å². The van der Waals surface area contributed by atoms with Crippen LogP contribution in [0.5, 0.6) is 0 Å². The van der Waals surface area contributed by atoms with Crippen molar-refractivity contribution in [2.75, 3.05) is 18.0 Å². The lowest BCUT2D eigenvalue weighted by Crippen LogP contribution is -2.39. The number of Topliss-reactive ketones (excluding diaryl/α,β-unsaturated/α-hetero) is 1. The number of nitrogens with zero attached hydrogens (tertiary/aromatic N) is 3. The number of hydrogen-bond donors (Lipinski definition) is 0. The molecule has 0 radical (unpaired) electrons. The molecule has 0 saturated carbocycles. The van der Waals surface area contributed by atoms with E-state index in [9.17, 15) is 9.18 Å². The molecule has 2 aromatic rings. The highest BCUT2D eigenvalue weighted by Gasteiger charge is 2.23. The molecule has 1 aliphatic heterocycles. The van der Waals surface area contributed by atoms with Gasteiger partial charge in [0.1, 0.15) is 5.52 Å². The van der Waals surface area contributed by atoms with Crippen LogP contribution in [0.2, 0.25) is 0 Å². The summed E-state index contributed by atoms with van der Waals surface area (Å²) in [5, 5.41) is 0. The van der Waals surface area contributed by atoms with E-state index in [0.29, 0.717) is 11.1 Å². The molecule has 0 aliphatic carbocycles. The molecule has 0 amide bonds. The molecule has 1 aromatic carbocycles. The number of carbonyl (C=O) groups is 1. The van der Waals surface area contributed by atoms with Gasteiger partial charge in [-0.3, -0.25) is 4.79 Å². The van der Waals surface area contributed by atoms with E-state index >= 15 is 0 Å². The standard InChI is InChI=1S/C17H22FN3O/c1-3-4-5-9-21-15-11-13(12(2)22)10-14(18)16(15)19-17(21)20-7-6-8-20/h10-11H,3-9H2,1-2H3. The van der Waals surface area contributed by atoms with Crippen molar-refractivity contribution in [3.05, 3.63) is 23.5 Å². The summed E-state index contributed by atoms with van der Waals surface area (Å²) in [4.78, 5) is 18.3. The largest absolute Gasteiger partial charge is 0.342 e. The van der Waals surface area contributed by atoms with Gasteiger partial charge in [0.15, 0.2) is 11.6 Å². The van der Waals surface area contributed by atoms with E-state index in [1.165, 1.54) is 13.0 Å². The smallest absolute Gasteiger partial charge is 0.206 e. The number of carbonyl (C=O) groups excluding carboxylic acids is 1. The highest BCUT2D eigenvalue weighted by molar-refractivity contribution is 5.97. The maximum atomic E-state index is 14.3. The van der Waals surface area contributed by atoms with Gasteiger partial charge in [0.05, 0.1) is 5.52 Å². The molecule has 0 spiro atoms. The monoisotopic (exact) mass is 303 g/mol. The summed E-state index contributed by atoms with van der Waals surface area (Å²) in [7, 11) is 0. The van der Waals surface area contributed by atoms with E-state index in [1.54, 1.807) is 6.07 Å². The predicted molar refractivity (Wildman–Crippen MR) is 86.1 cm³/mol. The number of rotatable bonds is 6. The van der Waals surface area contributed by atoms with Gasteiger partial charge in [-0.15, -0.1) is 0 Å². The zero-order chi connectivity index (χ0) is 15.7. The van der Waals surface area contributed by atoms with Crippen LogP contribution in [0.4, 0.5) is 10.3 Å². The van der Waals surface area contributed by atoms with Crippen molar-refractivity contribution in [1.82, 2.24) is 9.55 Å². The van der Waals surface area contributed by atoms with Gasteiger partial charge in [0, 0.05) is 25.2 Å². The average molecular weight is 303 g/mol. The van der Waals surface area contributed by atoms with E-state index in [1.807, 2.05) is 0 Å². The number of aryl methyl sites for hydroxylation is 1. The Morgan fingerprint density at radius 2 is 2.09 bits per heavy atom. The third-order valence-electron chi connectivity index (χ3n) is 4.32. The Kier molecular flexibility index (Phi) is 4.14. The summed E-state index contributed by atoms with van der Waals surface area (Å²) < 4.78 is 16.4. The molecule has 22 heavy (non-hydrogen) atoms. The fourth-order valence-corrected chi connectivity index (χ4v) is 2.87. The first kappa shape index (κ1) is 15.0. The minimum atomic E-state index is -0.404. The zero-order valence-corrected chi connectivity index (χ0v) is 13.2. The van der Waals surface area contributed by atoms with Crippen LogP contribution in [-0.4, -0.2) is 28.4 Å². The molecule has 0 atom stereocenters. The van der Waals surface area contributed by atoms with Gasteiger partial charge in [-0.1, -0.05) is 19.8 Å².